The molecule has 6 heterocycles. The Bertz CT molecular complexity index is 2680. The molecule has 2 aliphatic rings. The fraction of sp³-hybridized carbons (Fsp3) is 0.480. The third-order valence-electron chi connectivity index (χ3n) is 12.8. The summed E-state index contributed by atoms with van der Waals surface area (Å²) in [5, 5.41) is 30.8. The largest absolute Gasteiger partial charge is 0.391 e. The van der Waals surface area contributed by atoms with Gasteiger partial charge >= 0.3 is 0 Å². The van der Waals surface area contributed by atoms with Crippen LogP contribution in [0.15, 0.2) is 60.4 Å². The van der Waals surface area contributed by atoms with E-state index in [0.717, 1.165) is 27.3 Å². The highest BCUT2D eigenvalue weighted by Crippen LogP contribution is 2.33. The number of unbranched alkanes of at least 4 members (excludes halogenated alkanes) is 1. The number of aliphatic hydroxyl groups is 1. The molecule has 20 heteroatoms. The van der Waals surface area contributed by atoms with Gasteiger partial charge in [0, 0.05) is 64.2 Å². The lowest BCUT2D eigenvalue weighted by atomic mass is 9.85. The summed E-state index contributed by atoms with van der Waals surface area (Å²) in [4.78, 5) is 88.0. The second-order valence-corrected chi connectivity index (χ2v) is 20.1. The Balaban J connectivity index is 0.874. The number of pyridine rings is 2. The van der Waals surface area contributed by atoms with Gasteiger partial charge in [-0.1, -0.05) is 51.1 Å². The van der Waals surface area contributed by atoms with Crippen molar-refractivity contribution in [2.75, 3.05) is 36.5 Å². The zero-order chi connectivity index (χ0) is 50.3. The molecular formula is C50H65N13O6S. The topological polar surface area (TPSA) is 233 Å². The lowest BCUT2D eigenvalue weighted by molar-refractivity contribution is -0.144. The Hall–Kier alpha value is -6.64. The van der Waals surface area contributed by atoms with E-state index in [2.05, 4.69) is 36.4 Å². The number of anilines is 2. The highest BCUT2D eigenvalue weighted by Gasteiger charge is 2.44. The molecule has 0 unspecified atom stereocenters. The van der Waals surface area contributed by atoms with Crippen molar-refractivity contribution in [3.05, 3.63) is 88.4 Å². The first kappa shape index (κ1) is 51.2. The summed E-state index contributed by atoms with van der Waals surface area (Å²) >= 11 is 1.57. The van der Waals surface area contributed by atoms with Crippen LogP contribution in [0.4, 0.5) is 11.6 Å². The van der Waals surface area contributed by atoms with Gasteiger partial charge < -0.3 is 40.7 Å². The van der Waals surface area contributed by atoms with Gasteiger partial charge in [0.2, 0.25) is 23.6 Å². The van der Waals surface area contributed by atoms with Crippen LogP contribution in [0.5, 0.6) is 0 Å². The van der Waals surface area contributed by atoms with Crippen LogP contribution in [0.2, 0.25) is 0 Å². The summed E-state index contributed by atoms with van der Waals surface area (Å²) in [6.45, 7) is 15.3. The highest BCUT2D eigenvalue weighted by molar-refractivity contribution is 7.13. The number of nitrogens with zero attached hydrogens (tertiary/aromatic N) is 9. The number of thiazole rings is 1. The van der Waals surface area contributed by atoms with E-state index in [4.69, 9.17) is 9.97 Å². The van der Waals surface area contributed by atoms with Crippen molar-refractivity contribution >= 4 is 52.5 Å². The van der Waals surface area contributed by atoms with Crippen LogP contribution in [-0.2, 0) is 45.4 Å². The number of fused-ring (bicyclic) bond motifs is 1. The number of aryl methyl sites for hydroxylation is 2. The molecule has 4 aromatic heterocycles. The van der Waals surface area contributed by atoms with E-state index < -0.39 is 29.5 Å². The summed E-state index contributed by atoms with van der Waals surface area (Å²) in [5.74, 6) is 0.176. The maximum Gasteiger partial charge on any atom is 0.260 e. The number of carbonyl (C=O) groups excluding carboxylic acids is 5. The van der Waals surface area contributed by atoms with E-state index >= 15 is 0 Å². The van der Waals surface area contributed by atoms with Crippen LogP contribution in [-0.4, -0.2) is 120 Å². The van der Waals surface area contributed by atoms with Gasteiger partial charge in [-0.15, -0.1) is 21.5 Å². The molecule has 3 atom stereocenters. The number of nitrogens with one attached hydrogen (secondary N) is 4. The quantitative estimate of drug-likeness (QED) is 0.0683. The number of amides is 5. The predicted molar refractivity (Wildman–Crippen MR) is 267 cm³/mol. The van der Waals surface area contributed by atoms with E-state index in [1.54, 1.807) is 28.6 Å². The molecule has 1 saturated heterocycles. The molecule has 19 nitrogen and oxygen atoms in total. The molecule has 0 bridgehead atoms. The minimum absolute atomic E-state index is 0.00105. The Labute approximate surface area is 412 Å². The summed E-state index contributed by atoms with van der Waals surface area (Å²) in [5.41, 5.74) is 6.55. The average molecular weight is 976 g/mol. The fourth-order valence-corrected chi connectivity index (χ4v) is 9.33. The molecule has 70 heavy (non-hydrogen) atoms. The fourth-order valence-electron chi connectivity index (χ4n) is 8.52. The number of benzene rings is 1. The molecule has 0 radical (unpaired) electrons. The first-order valence-corrected chi connectivity index (χ1v) is 24.8. The SMILES string of the molecule is CCn1cnnc1-c1cccc(N2Cc3c(cc(N(C)C(C)C)nc3CNCC(=O)NCCCCC(=O)N[C@H](C(=O)N3C[C@H](O)C[C@H]3C(=O)NCc3ccc(-c4scnc4C)cc3)C(C)(C)C)C2=O)n1. The summed E-state index contributed by atoms with van der Waals surface area (Å²) in [7, 11) is 1.93. The third-order valence-corrected chi connectivity index (χ3v) is 13.7. The number of rotatable bonds is 20. The van der Waals surface area contributed by atoms with Crippen molar-refractivity contribution < 1.29 is 29.1 Å². The van der Waals surface area contributed by atoms with E-state index in [-0.39, 0.29) is 75.2 Å². The molecule has 1 aromatic carbocycles. The highest BCUT2D eigenvalue weighted by atomic mass is 32.1. The Kier molecular flexibility index (Phi) is 16.4. The lowest BCUT2D eigenvalue weighted by Crippen LogP contribution is -2.57. The van der Waals surface area contributed by atoms with Crippen molar-refractivity contribution in [3.63, 3.8) is 0 Å². The zero-order valence-electron chi connectivity index (χ0n) is 41.3. The second-order valence-electron chi connectivity index (χ2n) is 19.2. The van der Waals surface area contributed by atoms with Crippen molar-refractivity contribution in [1.82, 2.24) is 55.9 Å². The lowest BCUT2D eigenvalue weighted by Gasteiger charge is -2.35. The zero-order valence-corrected chi connectivity index (χ0v) is 42.1. The molecule has 0 saturated carbocycles. The van der Waals surface area contributed by atoms with Crippen LogP contribution in [0, 0.1) is 12.3 Å². The van der Waals surface area contributed by atoms with Crippen LogP contribution >= 0.6 is 11.3 Å². The maximum absolute atomic E-state index is 14.1. The van der Waals surface area contributed by atoms with E-state index in [0.29, 0.717) is 60.3 Å². The molecule has 0 spiro atoms. The maximum atomic E-state index is 14.1. The molecule has 5 aromatic rings. The van der Waals surface area contributed by atoms with Gasteiger partial charge in [0.25, 0.3) is 5.91 Å². The first-order valence-electron chi connectivity index (χ1n) is 23.9. The van der Waals surface area contributed by atoms with Gasteiger partial charge in [-0.25, -0.2) is 15.0 Å². The van der Waals surface area contributed by atoms with E-state index in [9.17, 15) is 29.1 Å². The van der Waals surface area contributed by atoms with Crippen molar-refractivity contribution in [2.24, 2.45) is 5.41 Å². The molecule has 5 N–H and O–H groups in total. The number of β-amino-alcohol motifs (C(OH)–C–C–N with tert-alkyl or cyclic N) is 1. The van der Waals surface area contributed by atoms with Crippen molar-refractivity contribution in [1.29, 1.82) is 0 Å². The Morgan fingerprint density at radius 1 is 1.00 bits per heavy atom. The third kappa shape index (κ3) is 12.0. The molecule has 0 aliphatic carbocycles. The second kappa shape index (κ2) is 22.4. The van der Waals surface area contributed by atoms with Crippen LogP contribution in [0.1, 0.15) is 100 Å². The first-order chi connectivity index (χ1) is 33.4. The van der Waals surface area contributed by atoms with E-state index in [1.165, 1.54) is 4.90 Å². The average Bonchev–Trinajstić information content (AvgIpc) is 4.15. The van der Waals surface area contributed by atoms with Gasteiger partial charge in [0.05, 0.1) is 46.5 Å². The molecule has 2 aliphatic heterocycles. The minimum atomic E-state index is -0.944. The molecule has 372 valence electrons. The minimum Gasteiger partial charge on any atom is -0.391 e. The standard InChI is InChI=1S/C50H65N13O6S/c1-9-61-28-55-59-46(61)37-13-12-14-40(56-37)63-27-36-35(48(63)68)22-41(60(8)30(2)3)57-38(36)24-51-25-43(66)52-20-11-10-15-42(65)58-45(50(5,6)7)49(69)62-26-34(64)21-39(62)47(67)53-23-32-16-18-33(19-17-32)44-31(4)54-29-70-44/h12-14,16-19,22,28-30,34,39,45,51,64H,9-11,15,20-21,23-27H2,1-8H3,(H,52,66)(H,53,67)(H,58,65)/t34-,39+,45-/m1/s1. The normalized spacial score (nSPS) is 16.1. The van der Waals surface area contributed by atoms with Crippen LogP contribution in [0.25, 0.3) is 22.0 Å². The number of likely N-dealkylation sites (tertiary alicyclic amines) is 1. The van der Waals surface area contributed by atoms with E-state index in [1.807, 2.05) is 113 Å². The number of carbonyl (C=O) groups is 5. The molecular weight excluding hydrogens is 911 g/mol. The smallest absolute Gasteiger partial charge is 0.260 e. The predicted octanol–water partition coefficient (Wildman–Crippen LogP) is 4.38. The van der Waals surface area contributed by atoms with Crippen molar-refractivity contribution in [2.45, 2.75) is 125 Å². The van der Waals surface area contributed by atoms with Gasteiger partial charge in [-0.2, -0.15) is 0 Å². The van der Waals surface area contributed by atoms with Crippen molar-refractivity contribution in [3.8, 4) is 22.0 Å². The monoisotopic (exact) mass is 975 g/mol. The molecule has 7 rings (SSSR count). The van der Waals surface area contributed by atoms with Gasteiger partial charge in [0.1, 0.15) is 35.7 Å². The summed E-state index contributed by atoms with van der Waals surface area (Å²) < 4.78 is 1.88. The van der Waals surface area contributed by atoms with Gasteiger partial charge in [0.15, 0.2) is 5.82 Å². The molecule has 5 amide bonds. The Morgan fingerprint density at radius 3 is 2.47 bits per heavy atom. The Morgan fingerprint density at radius 2 is 1.77 bits per heavy atom. The van der Waals surface area contributed by atoms with Crippen LogP contribution < -0.4 is 31.1 Å². The van der Waals surface area contributed by atoms with Gasteiger partial charge in [-0.05, 0) is 75.3 Å². The summed E-state index contributed by atoms with van der Waals surface area (Å²) in [6, 6.07) is 13.4. The van der Waals surface area contributed by atoms with Gasteiger partial charge in [-0.3, -0.25) is 28.9 Å². The number of hydrogen-bond acceptors (Lipinski definition) is 14. The number of aromatic nitrogens is 6. The number of aliphatic hydroxyl groups excluding tert-OH is 1. The summed E-state index contributed by atoms with van der Waals surface area (Å²) in [6.07, 6.45) is 1.95. The van der Waals surface area contributed by atoms with Crippen LogP contribution in [0.3, 0.4) is 0 Å². The number of hydrogen-bond donors (Lipinski definition) is 5. The molecule has 1 fully saturated rings.